The lowest BCUT2D eigenvalue weighted by atomic mass is 9.50. The van der Waals surface area contributed by atoms with Crippen LogP contribution in [0.15, 0.2) is 40.1 Å². The first-order valence-electron chi connectivity index (χ1n) is 11.2. The number of halogens is 1. The predicted molar refractivity (Wildman–Crippen MR) is 120 cm³/mol. The molecule has 2 aliphatic carbocycles. The standard InChI is InChI=1S/C25H22FN5O3/c1-12-19-8-7-17-20(18-11-28-24(34)31-23(18)33)29-13(2)30-22(17)25(19,9-14(10-27)21(12)32)15-3-5-16(26)6-4-15/h3-6,11-12,14,19H,7-9H2,1-2H3,(H2,28,31,33,34)/t12-,14?,19-,25+/m0/s1. The molecule has 34 heavy (non-hydrogen) atoms. The molecule has 0 radical (unpaired) electrons. The Morgan fingerprint density at radius 2 is 1.91 bits per heavy atom. The monoisotopic (exact) mass is 459 g/mol. The molecule has 0 spiro atoms. The van der Waals surface area contributed by atoms with E-state index in [1.165, 1.54) is 18.3 Å². The van der Waals surface area contributed by atoms with Crippen LogP contribution < -0.4 is 11.2 Å². The fourth-order valence-electron chi connectivity index (χ4n) is 5.92. The fourth-order valence-corrected chi connectivity index (χ4v) is 5.92. The van der Waals surface area contributed by atoms with Gasteiger partial charge in [0, 0.05) is 23.1 Å². The van der Waals surface area contributed by atoms with Crippen LogP contribution in [0.1, 0.15) is 42.4 Å². The maximum Gasteiger partial charge on any atom is 0.325 e. The van der Waals surface area contributed by atoms with Crippen LogP contribution in [-0.4, -0.2) is 25.7 Å². The van der Waals surface area contributed by atoms with Crippen molar-refractivity contribution in [1.82, 2.24) is 19.9 Å². The van der Waals surface area contributed by atoms with Gasteiger partial charge < -0.3 is 4.98 Å². The van der Waals surface area contributed by atoms with Gasteiger partial charge in [0.25, 0.3) is 5.56 Å². The molecule has 1 aromatic carbocycles. The van der Waals surface area contributed by atoms with Gasteiger partial charge in [0.2, 0.25) is 0 Å². The van der Waals surface area contributed by atoms with E-state index in [2.05, 4.69) is 21.0 Å². The van der Waals surface area contributed by atoms with Crippen LogP contribution in [0.2, 0.25) is 0 Å². The second-order valence-corrected chi connectivity index (χ2v) is 9.13. The van der Waals surface area contributed by atoms with Crippen LogP contribution in [0.5, 0.6) is 0 Å². The molecule has 0 aliphatic heterocycles. The molecule has 0 saturated heterocycles. The van der Waals surface area contributed by atoms with Crippen molar-refractivity contribution < 1.29 is 9.18 Å². The van der Waals surface area contributed by atoms with Crippen molar-refractivity contribution >= 4 is 5.78 Å². The van der Waals surface area contributed by atoms with Gasteiger partial charge in [-0.2, -0.15) is 5.26 Å². The van der Waals surface area contributed by atoms with Crippen molar-refractivity contribution in [2.75, 3.05) is 0 Å². The third-order valence-electron chi connectivity index (χ3n) is 7.39. The normalized spacial score (nSPS) is 25.8. The van der Waals surface area contributed by atoms with Crippen LogP contribution in [-0.2, 0) is 16.6 Å². The maximum absolute atomic E-state index is 13.9. The second kappa shape index (κ2) is 7.83. The summed E-state index contributed by atoms with van der Waals surface area (Å²) in [4.78, 5) is 51.3. The number of rotatable bonds is 2. The summed E-state index contributed by atoms with van der Waals surface area (Å²) in [5.41, 5.74) is 0.788. The van der Waals surface area contributed by atoms with Gasteiger partial charge in [-0.25, -0.2) is 19.2 Å². The molecule has 4 atom stereocenters. The molecule has 2 aromatic heterocycles. The summed E-state index contributed by atoms with van der Waals surface area (Å²) >= 11 is 0. The van der Waals surface area contributed by atoms with E-state index in [4.69, 9.17) is 4.98 Å². The highest BCUT2D eigenvalue weighted by molar-refractivity contribution is 5.87. The molecule has 2 heterocycles. The number of H-pyrrole nitrogens is 2. The number of aromatic nitrogens is 4. The minimum absolute atomic E-state index is 0.0863. The largest absolute Gasteiger partial charge is 0.325 e. The Hall–Kier alpha value is -3.93. The van der Waals surface area contributed by atoms with E-state index in [0.29, 0.717) is 30.1 Å². The van der Waals surface area contributed by atoms with E-state index in [-0.39, 0.29) is 29.5 Å². The van der Waals surface area contributed by atoms with Gasteiger partial charge in [-0.1, -0.05) is 19.1 Å². The number of hydrogen-bond acceptors (Lipinski definition) is 6. The number of carbonyl (C=O) groups excluding carboxylic acids is 1. The summed E-state index contributed by atoms with van der Waals surface area (Å²) in [5.74, 6) is -1.44. The molecule has 5 rings (SSSR count). The Morgan fingerprint density at radius 3 is 2.59 bits per heavy atom. The topological polar surface area (TPSA) is 132 Å². The summed E-state index contributed by atoms with van der Waals surface area (Å²) in [6.07, 6.45) is 2.68. The van der Waals surface area contributed by atoms with Crippen molar-refractivity contribution in [1.29, 1.82) is 5.26 Å². The number of ketones is 1. The van der Waals surface area contributed by atoms with Crippen molar-refractivity contribution in [2.45, 2.75) is 38.5 Å². The van der Waals surface area contributed by atoms with Gasteiger partial charge in [0.15, 0.2) is 5.78 Å². The summed E-state index contributed by atoms with van der Waals surface area (Å²) in [6.45, 7) is 3.56. The first-order chi connectivity index (χ1) is 16.3. The summed E-state index contributed by atoms with van der Waals surface area (Å²) in [7, 11) is 0. The number of carbonyl (C=O) groups is 1. The minimum atomic E-state index is -0.836. The molecule has 1 fully saturated rings. The van der Waals surface area contributed by atoms with Crippen molar-refractivity contribution in [3.63, 3.8) is 0 Å². The maximum atomic E-state index is 13.9. The quantitative estimate of drug-likeness (QED) is 0.605. The molecular formula is C25H22FN5O3. The summed E-state index contributed by atoms with van der Waals surface area (Å²) in [5, 5.41) is 9.83. The lowest BCUT2D eigenvalue weighted by molar-refractivity contribution is -0.131. The molecule has 8 nitrogen and oxygen atoms in total. The molecule has 172 valence electrons. The number of nitrogens with one attached hydrogen (secondary N) is 2. The third-order valence-corrected chi connectivity index (χ3v) is 7.39. The number of nitriles is 1. The summed E-state index contributed by atoms with van der Waals surface area (Å²) < 4.78 is 13.9. The zero-order valence-corrected chi connectivity index (χ0v) is 18.7. The van der Waals surface area contributed by atoms with E-state index >= 15 is 0 Å². The number of hydrogen-bond donors (Lipinski definition) is 2. The van der Waals surface area contributed by atoms with E-state index < -0.39 is 28.5 Å². The average Bonchev–Trinajstić information content (AvgIpc) is 2.81. The molecule has 2 aliphatic rings. The molecule has 0 bridgehead atoms. The second-order valence-electron chi connectivity index (χ2n) is 9.13. The van der Waals surface area contributed by atoms with Gasteiger partial charge in [-0.05, 0) is 49.8 Å². The first-order valence-corrected chi connectivity index (χ1v) is 11.2. The van der Waals surface area contributed by atoms with E-state index in [1.807, 2.05) is 6.92 Å². The molecule has 0 amide bonds. The van der Waals surface area contributed by atoms with E-state index in [1.54, 1.807) is 19.1 Å². The fraction of sp³-hybridized carbons (Fsp3) is 0.360. The Balaban J connectivity index is 1.85. The molecule has 1 saturated carbocycles. The van der Waals surface area contributed by atoms with Crippen LogP contribution in [0, 0.1) is 41.8 Å². The van der Waals surface area contributed by atoms with Crippen LogP contribution in [0.3, 0.4) is 0 Å². The number of Topliss-reactive ketones (excluding diaryl/α,β-unsaturated/α-hetero) is 1. The van der Waals surface area contributed by atoms with Gasteiger partial charge in [0.1, 0.15) is 17.6 Å². The lowest BCUT2D eigenvalue weighted by Crippen LogP contribution is -2.53. The minimum Gasteiger partial charge on any atom is -0.313 e. The Labute approximate surface area is 193 Å². The van der Waals surface area contributed by atoms with E-state index in [9.17, 15) is 24.0 Å². The lowest BCUT2D eigenvalue weighted by Gasteiger charge is -2.51. The van der Waals surface area contributed by atoms with Gasteiger partial charge in [-0.3, -0.25) is 14.6 Å². The van der Waals surface area contributed by atoms with E-state index in [0.717, 1.165) is 11.1 Å². The highest BCUT2D eigenvalue weighted by atomic mass is 19.1. The Morgan fingerprint density at radius 1 is 1.18 bits per heavy atom. The number of benzene rings is 1. The number of nitrogens with zero attached hydrogens (tertiary/aromatic N) is 3. The van der Waals surface area contributed by atoms with Crippen molar-refractivity contribution in [3.05, 3.63) is 79.8 Å². The SMILES string of the molecule is Cc1nc(-c2c[nH]c(=O)[nH]c2=O)c2c(n1)[C@@]1(c3ccc(F)cc3)CC(C#N)C(=O)[C@@H](C)[C@@H]1CC2. The number of fused-ring (bicyclic) bond motifs is 3. The smallest absolute Gasteiger partial charge is 0.313 e. The van der Waals surface area contributed by atoms with Gasteiger partial charge in [-0.15, -0.1) is 0 Å². The Kier molecular flexibility index (Phi) is 5.04. The molecule has 3 aromatic rings. The molecule has 2 N–H and O–H groups in total. The molecular weight excluding hydrogens is 437 g/mol. The van der Waals surface area contributed by atoms with Crippen molar-refractivity contribution in [2.24, 2.45) is 17.8 Å². The summed E-state index contributed by atoms with van der Waals surface area (Å²) in [6, 6.07) is 8.30. The average molecular weight is 459 g/mol. The molecule has 9 heteroatoms. The Bertz CT molecular complexity index is 1470. The predicted octanol–water partition coefficient (Wildman–Crippen LogP) is 2.56. The van der Waals surface area contributed by atoms with Crippen molar-refractivity contribution in [3.8, 4) is 17.3 Å². The zero-order valence-electron chi connectivity index (χ0n) is 18.7. The van der Waals surface area contributed by atoms with Gasteiger partial charge >= 0.3 is 5.69 Å². The first kappa shape index (κ1) is 21.9. The van der Waals surface area contributed by atoms with Crippen LogP contribution in [0.25, 0.3) is 11.3 Å². The molecule has 1 unspecified atom stereocenters. The number of aryl methyl sites for hydroxylation is 1. The van der Waals surface area contributed by atoms with Gasteiger partial charge in [0.05, 0.1) is 23.0 Å². The highest BCUT2D eigenvalue weighted by Gasteiger charge is 2.56. The van der Waals surface area contributed by atoms with Crippen LogP contribution in [0.4, 0.5) is 4.39 Å². The van der Waals surface area contributed by atoms with Crippen LogP contribution >= 0.6 is 0 Å². The highest BCUT2D eigenvalue weighted by Crippen LogP contribution is 2.56. The zero-order chi connectivity index (χ0) is 24.2. The third kappa shape index (κ3) is 3.13. The number of aromatic amines is 2.